The molecule has 144 valence electrons. The van der Waals surface area contributed by atoms with E-state index in [1.807, 2.05) is 11.8 Å². The van der Waals surface area contributed by atoms with Crippen LogP contribution in [0.4, 0.5) is 5.69 Å². The molecule has 3 aliphatic rings. The van der Waals surface area contributed by atoms with Crippen LogP contribution in [0.25, 0.3) is 0 Å². The summed E-state index contributed by atoms with van der Waals surface area (Å²) in [4.78, 5) is 9.58. The van der Waals surface area contributed by atoms with Gasteiger partial charge in [0.1, 0.15) is 0 Å². The maximum absolute atomic E-state index is 2.90. The van der Waals surface area contributed by atoms with E-state index in [0.717, 1.165) is 18.0 Å². The van der Waals surface area contributed by atoms with Crippen LogP contribution in [-0.4, -0.2) is 66.9 Å². The Morgan fingerprint density at radius 3 is 2.35 bits per heavy atom. The molecule has 3 nitrogen and oxygen atoms in total. The molecule has 0 aromatic heterocycles. The van der Waals surface area contributed by atoms with Gasteiger partial charge >= 0.3 is 0 Å². The second-order valence-corrected chi connectivity index (χ2v) is 9.64. The van der Waals surface area contributed by atoms with E-state index in [4.69, 9.17) is 0 Å². The Balaban J connectivity index is 1.30. The zero-order chi connectivity index (χ0) is 18.1. The third-order valence-corrected chi connectivity index (χ3v) is 7.62. The van der Waals surface area contributed by atoms with Crippen molar-refractivity contribution in [1.82, 2.24) is 9.80 Å². The second-order valence-electron chi connectivity index (χ2n) is 8.76. The molecule has 3 aliphatic heterocycles. The highest BCUT2D eigenvalue weighted by Gasteiger charge is 2.41. The van der Waals surface area contributed by atoms with Gasteiger partial charge in [0.05, 0.1) is 0 Å². The van der Waals surface area contributed by atoms with Crippen molar-refractivity contribution in [2.24, 2.45) is 5.92 Å². The largest absolute Gasteiger partial charge is 0.371 e. The number of fused-ring (bicyclic) bond motifs is 2. The lowest BCUT2D eigenvalue weighted by molar-refractivity contribution is 0.0361. The molecule has 4 rings (SSSR count). The number of piperidine rings is 1. The highest BCUT2D eigenvalue weighted by Crippen LogP contribution is 2.34. The molecule has 0 aliphatic carbocycles. The first-order chi connectivity index (χ1) is 12.6. The number of thioether (sulfide) groups is 1. The lowest BCUT2D eigenvalue weighted by Gasteiger charge is -2.45. The quantitative estimate of drug-likeness (QED) is 0.716. The molecule has 2 unspecified atom stereocenters. The molecule has 2 bridgehead atoms. The molecule has 1 aromatic carbocycles. The highest BCUT2D eigenvalue weighted by atomic mass is 32.2. The summed E-state index contributed by atoms with van der Waals surface area (Å²) in [5.41, 5.74) is 1.42. The van der Waals surface area contributed by atoms with Crippen molar-refractivity contribution < 1.29 is 0 Å². The highest BCUT2D eigenvalue weighted by molar-refractivity contribution is 7.98. The maximum atomic E-state index is 2.90. The number of benzene rings is 1. The van der Waals surface area contributed by atoms with Crippen LogP contribution in [0.5, 0.6) is 0 Å². The van der Waals surface area contributed by atoms with Gasteiger partial charge in [-0.15, -0.1) is 11.8 Å². The number of likely N-dealkylation sites (tertiary alicyclic amines) is 1. The van der Waals surface area contributed by atoms with Crippen LogP contribution in [0.2, 0.25) is 0 Å². The smallest absolute Gasteiger partial charge is 0.0377 e. The number of hydrogen-bond donors (Lipinski definition) is 0. The van der Waals surface area contributed by atoms with Crippen LogP contribution in [-0.2, 0) is 0 Å². The fourth-order valence-electron chi connectivity index (χ4n) is 5.22. The standard InChI is InChI=1S/C22H35N3S/c1-17(2)24-15-20-7-8-21(16-24)25(20)14-18-9-11-23(12-10-18)19-5-4-6-22(13-19)26-3/h4-6,13,17-18,20-21H,7-12,14-16H2,1-3H3. The van der Waals surface area contributed by atoms with Crippen molar-refractivity contribution in [3.8, 4) is 0 Å². The summed E-state index contributed by atoms with van der Waals surface area (Å²) in [5.74, 6) is 0.892. The predicted molar refractivity (Wildman–Crippen MR) is 113 cm³/mol. The summed E-state index contributed by atoms with van der Waals surface area (Å²) in [7, 11) is 0. The number of anilines is 1. The number of hydrogen-bond acceptors (Lipinski definition) is 4. The van der Waals surface area contributed by atoms with Gasteiger partial charge in [-0.05, 0) is 69.9 Å². The van der Waals surface area contributed by atoms with Crippen molar-refractivity contribution in [2.45, 2.75) is 62.6 Å². The summed E-state index contributed by atoms with van der Waals surface area (Å²) >= 11 is 1.84. The van der Waals surface area contributed by atoms with Crippen LogP contribution >= 0.6 is 11.8 Å². The van der Waals surface area contributed by atoms with Crippen molar-refractivity contribution in [3.05, 3.63) is 24.3 Å². The molecular formula is C22H35N3S. The summed E-state index contributed by atoms with van der Waals surface area (Å²) in [6.45, 7) is 11.1. The Hall–Kier alpha value is -0.710. The minimum Gasteiger partial charge on any atom is -0.371 e. The molecule has 3 saturated heterocycles. The van der Waals surface area contributed by atoms with Crippen LogP contribution in [0.3, 0.4) is 0 Å². The topological polar surface area (TPSA) is 9.72 Å². The van der Waals surface area contributed by atoms with Gasteiger partial charge in [0.2, 0.25) is 0 Å². The van der Waals surface area contributed by atoms with Crippen molar-refractivity contribution in [1.29, 1.82) is 0 Å². The molecule has 3 heterocycles. The minimum atomic E-state index is 0.709. The van der Waals surface area contributed by atoms with E-state index in [0.29, 0.717) is 6.04 Å². The van der Waals surface area contributed by atoms with E-state index in [1.165, 1.54) is 69.0 Å². The van der Waals surface area contributed by atoms with Gasteiger partial charge < -0.3 is 4.90 Å². The lowest BCUT2D eigenvalue weighted by Crippen LogP contribution is -2.56. The second kappa shape index (κ2) is 8.12. The SMILES string of the molecule is CSc1cccc(N2CCC(CN3C4CCC3CN(C(C)C)C4)CC2)c1. The number of nitrogens with zero attached hydrogens (tertiary/aromatic N) is 3. The van der Waals surface area contributed by atoms with E-state index in [2.05, 4.69) is 59.1 Å². The van der Waals surface area contributed by atoms with Gasteiger partial charge in [0.15, 0.2) is 0 Å². The van der Waals surface area contributed by atoms with Gasteiger partial charge in [-0.2, -0.15) is 0 Å². The number of rotatable bonds is 5. The predicted octanol–water partition coefficient (Wildman–Crippen LogP) is 4.18. The van der Waals surface area contributed by atoms with Gasteiger partial charge in [0.25, 0.3) is 0 Å². The lowest BCUT2D eigenvalue weighted by atomic mass is 9.94. The maximum Gasteiger partial charge on any atom is 0.0377 e. The van der Waals surface area contributed by atoms with Crippen molar-refractivity contribution in [3.63, 3.8) is 0 Å². The van der Waals surface area contributed by atoms with E-state index >= 15 is 0 Å². The summed E-state index contributed by atoms with van der Waals surface area (Å²) in [5, 5.41) is 0. The van der Waals surface area contributed by atoms with Crippen molar-refractivity contribution in [2.75, 3.05) is 43.9 Å². The molecule has 3 fully saturated rings. The monoisotopic (exact) mass is 373 g/mol. The first kappa shape index (κ1) is 18.6. The Morgan fingerprint density at radius 2 is 1.73 bits per heavy atom. The van der Waals surface area contributed by atoms with Crippen molar-refractivity contribution >= 4 is 17.4 Å². The molecule has 4 heteroatoms. The summed E-state index contributed by atoms with van der Waals surface area (Å²) in [6.07, 6.45) is 7.72. The average molecular weight is 374 g/mol. The first-order valence-electron chi connectivity index (χ1n) is 10.5. The first-order valence-corrected chi connectivity index (χ1v) is 11.8. The van der Waals surface area contributed by atoms with Gasteiger partial charge in [-0.3, -0.25) is 9.80 Å². The normalized spacial score (nSPS) is 28.2. The van der Waals surface area contributed by atoms with Gasteiger partial charge in [-0.25, -0.2) is 0 Å². The van der Waals surface area contributed by atoms with E-state index in [9.17, 15) is 0 Å². The van der Waals surface area contributed by atoms with Crippen LogP contribution in [0.15, 0.2) is 29.2 Å². The molecule has 0 saturated carbocycles. The van der Waals surface area contributed by atoms with Gasteiger partial charge in [-0.1, -0.05) is 6.07 Å². The average Bonchev–Trinajstić information content (AvgIpc) is 2.90. The van der Waals surface area contributed by atoms with Crippen LogP contribution in [0.1, 0.15) is 39.5 Å². The summed E-state index contributed by atoms with van der Waals surface area (Å²) in [6, 6.07) is 11.4. The van der Waals surface area contributed by atoms with E-state index in [-0.39, 0.29) is 0 Å². The van der Waals surface area contributed by atoms with Crippen LogP contribution < -0.4 is 4.90 Å². The Kier molecular flexibility index (Phi) is 5.82. The molecule has 1 aromatic rings. The van der Waals surface area contributed by atoms with Crippen LogP contribution in [0, 0.1) is 5.92 Å². The zero-order valence-corrected chi connectivity index (χ0v) is 17.5. The van der Waals surface area contributed by atoms with E-state index < -0.39 is 0 Å². The third-order valence-electron chi connectivity index (χ3n) is 6.89. The third kappa shape index (κ3) is 3.93. The molecule has 0 spiro atoms. The van der Waals surface area contributed by atoms with E-state index in [1.54, 1.807) is 0 Å². The minimum absolute atomic E-state index is 0.709. The molecule has 2 atom stereocenters. The Morgan fingerprint density at radius 1 is 1.04 bits per heavy atom. The Labute approximate surface area is 164 Å². The Bertz CT molecular complexity index is 583. The summed E-state index contributed by atoms with van der Waals surface area (Å²) < 4.78 is 0. The zero-order valence-electron chi connectivity index (χ0n) is 16.7. The fraction of sp³-hybridized carbons (Fsp3) is 0.727. The fourth-order valence-corrected chi connectivity index (χ4v) is 5.67. The molecule has 0 amide bonds. The molecule has 0 N–H and O–H groups in total. The van der Waals surface area contributed by atoms with Gasteiger partial charge in [0, 0.05) is 61.4 Å². The molecule has 0 radical (unpaired) electrons. The molecule has 26 heavy (non-hydrogen) atoms. The molecular weight excluding hydrogens is 338 g/mol. The number of piperazine rings is 1.